The molecular weight excluding hydrogens is 258 g/mol. The molecule has 1 fully saturated rings. The first kappa shape index (κ1) is 14.5. The predicted molar refractivity (Wildman–Crippen MR) is 73.9 cm³/mol. The highest BCUT2D eigenvalue weighted by molar-refractivity contribution is 6.06. The molecule has 0 bridgehead atoms. The fraction of sp³-hybridized carbons (Fsp3) is 0.467. The second kappa shape index (κ2) is 5.63. The summed E-state index contributed by atoms with van der Waals surface area (Å²) in [7, 11) is 0. The number of rotatable bonds is 5. The van der Waals surface area contributed by atoms with Crippen LogP contribution in [0.4, 0.5) is 0 Å². The monoisotopic (exact) mass is 277 g/mol. The van der Waals surface area contributed by atoms with Crippen molar-refractivity contribution in [1.29, 1.82) is 0 Å². The largest absolute Gasteiger partial charge is 0.478 e. The van der Waals surface area contributed by atoms with E-state index < -0.39 is 18.0 Å². The van der Waals surface area contributed by atoms with Crippen LogP contribution in [0.1, 0.15) is 44.7 Å². The molecule has 1 atom stereocenters. The van der Waals surface area contributed by atoms with E-state index in [4.69, 9.17) is 0 Å². The van der Waals surface area contributed by atoms with Crippen molar-refractivity contribution in [3.05, 3.63) is 34.4 Å². The minimum absolute atomic E-state index is 0.0309. The topological polar surface area (TPSA) is 86.6 Å². The van der Waals surface area contributed by atoms with Gasteiger partial charge in [0.1, 0.15) is 0 Å². The Kier molecular flexibility index (Phi) is 4.09. The van der Waals surface area contributed by atoms with Crippen LogP contribution in [0.3, 0.4) is 0 Å². The van der Waals surface area contributed by atoms with Gasteiger partial charge < -0.3 is 15.5 Å². The van der Waals surface area contributed by atoms with Gasteiger partial charge in [-0.05, 0) is 43.7 Å². The van der Waals surface area contributed by atoms with Crippen molar-refractivity contribution in [2.75, 3.05) is 6.54 Å². The molecule has 0 aromatic heterocycles. The first-order chi connectivity index (χ1) is 9.41. The van der Waals surface area contributed by atoms with E-state index in [0.717, 1.165) is 12.8 Å². The number of carboxylic acids is 1. The van der Waals surface area contributed by atoms with Gasteiger partial charge in [0.25, 0.3) is 5.91 Å². The molecule has 1 aromatic rings. The van der Waals surface area contributed by atoms with E-state index in [2.05, 4.69) is 5.32 Å². The average molecular weight is 277 g/mol. The molecular formula is C15H19NO4. The Morgan fingerprint density at radius 2 is 1.80 bits per heavy atom. The van der Waals surface area contributed by atoms with E-state index in [9.17, 15) is 19.8 Å². The number of carbonyl (C=O) groups excluding carboxylic acids is 1. The maximum absolute atomic E-state index is 12.2. The Labute approximate surface area is 117 Å². The van der Waals surface area contributed by atoms with Gasteiger partial charge in [-0.15, -0.1) is 0 Å². The van der Waals surface area contributed by atoms with E-state index in [1.165, 1.54) is 0 Å². The zero-order valence-electron chi connectivity index (χ0n) is 11.6. The smallest absolute Gasteiger partial charge is 0.336 e. The molecule has 1 aliphatic carbocycles. The summed E-state index contributed by atoms with van der Waals surface area (Å²) < 4.78 is 0. The zero-order valence-corrected chi connectivity index (χ0v) is 11.6. The summed E-state index contributed by atoms with van der Waals surface area (Å²) in [5.74, 6) is -1.28. The van der Waals surface area contributed by atoms with E-state index in [-0.39, 0.29) is 23.6 Å². The van der Waals surface area contributed by atoms with Gasteiger partial charge in [0.15, 0.2) is 0 Å². The number of aryl methyl sites for hydroxylation is 2. The molecule has 20 heavy (non-hydrogen) atoms. The Hall–Kier alpha value is -1.88. The van der Waals surface area contributed by atoms with Crippen LogP contribution in [0.15, 0.2) is 12.1 Å². The fourth-order valence-corrected chi connectivity index (χ4v) is 2.31. The molecule has 1 unspecified atom stereocenters. The lowest BCUT2D eigenvalue weighted by molar-refractivity contribution is 0.0689. The molecule has 1 amide bonds. The van der Waals surface area contributed by atoms with Crippen LogP contribution >= 0.6 is 0 Å². The van der Waals surface area contributed by atoms with Crippen molar-refractivity contribution in [3.63, 3.8) is 0 Å². The number of hydrogen-bond acceptors (Lipinski definition) is 3. The second-order valence-electron chi connectivity index (χ2n) is 5.37. The number of aliphatic hydroxyl groups is 1. The molecule has 2 rings (SSSR count). The third-order valence-electron chi connectivity index (χ3n) is 3.70. The summed E-state index contributed by atoms with van der Waals surface area (Å²) in [5, 5.41) is 21.7. The fourth-order valence-electron chi connectivity index (χ4n) is 2.31. The SMILES string of the molecule is Cc1ccc(C)c(C(=O)NCC(O)C2CC2)c1C(=O)O. The molecule has 1 aliphatic rings. The minimum atomic E-state index is -1.11. The van der Waals surface area contributed by atoms with Crippen LogP contribution in [0.5, 0.6) is 0 Å². The first-order valence-electron chi connectivity index (χ1n) is 6.71. The third-order valence-corrected chi connectivity index (χ3v) is 3.70. The standard InChI is InChI=1S/C15H19NO4/c1-8-3-4-9(2)13(15(19)20)12(8)14(18)16-7-11(17)10-5-6-10/h3-4,10-11,17H,5-7H2,1-2H3,(H,16,18)(H,19,20). The molecule has 0 heterocycles. The summed E-state index contributed by atoms with van der Waals surface area (Å²) in [6.45, 7) is 3.53. The Morgan fingerprint density at radius 3 is 2.30 bits per heavy atom. The van der Waals surface area contributed by atoms with E-state index in [1.54, 1.807) is 26.0 Å². The number of hydrogen-bond donors (Lipinski definition) is 3. The van der Waals surface area contributed by atoms with Crippen molar-refractivity contribution in [1.82, 2.24) is 5.32 Å². The number of aliphatic hydroxyl groups excluding tert-OH is 1. The summed E-state index contributed by atoms with van der Waals surface area (Å²) in [4.78, 5) is 23.5. The first-order valence-corrected chi connectivity index (χ1v) is 6.71. The van der Waals surface area contributed by atoms with Crippen LogP contribution in [-0.4, -0.2) is 34.7 Å². The van der Waals surface area contributed by atoms with Gasteiger partial charge in [0.05, 0.1) is 17.2 Å². The molecule has 108 valence electrons. The van der Waals surface area contributed by atoms with Crippen LogP contribution in [0.2, 0.25) is 0 Å². The molecule has 0 saturated heterocycles. The molecule has 3 N–H and O–H groups in total. The lowest BCUT2D eigenvalue weighted by atomic mass is 9.96. The molecule has 5 nitrogen and oxygen atoms in total. The Morgan fingerprint density at radius 1 is 1.25 bits per heavy atom. The minimum Gasteiger partial charge on any atom is -0.478 e. The van der Waals surface area contributed by atoms with Crippen molar-refractivity contribution in [2.24, 2.45) is 5.92 Å². The quantitative estimate of drug-likeness (QED) is 0.761. The van der Waals surface area contributed by atoms with Gasteiger partial charge in [-0.25, -0.2) is 4.79 Å². The number of aromatic carboxylic acids is 1. The summed E-state index contributed by atoms with van der Waals surface area (Å²) in [6, 6.07) is 3.42. The Balaban J connectivity index is 2.19. The van der Waals surface area contributed by atoms with Gasteiger partial charge in [0.2, 0.25) is 0 Å². The van der Waals surface area contributed by atoms with E-state index in [0.29, 0.717) is 11.1 Å². The highest BCUT2D eigenvalue weighted by atomic mass is 16.4. The third kappa shape index (κ3) is 2.99. The van der Waals surface area contributed by atoms with Gasteiger partial charge in [-0.1, -0.05) is 12.1 Å². The highest BCUT2D eigenvalue weighted by Crippen LogP contribution is 2.32. The van der Waals surface area contributed by atoms with Crippen LogP contribution in [0.25, 0.3) is 0 Å². The lowest BCUT2D eigenvalue weighted by Gasteiger charge is -2.14. The number of benzene rings is 1. The van der Waals surface area contributed by atoms with Gasteiger partial charge in [-0.2, -0.15) is 0 Å². The second-order valence-corrected chi connectivity index (χ2v) is 5.37. The molecule has 0 radical (unpaired) electrons. The molecule has 1 saturated carbocycles. The maximum Gasteiger partial charge on any atom is 0.336 e. The molecule has 0 spiro atoms. The summed E-state index contributed by atoms with van der Waals surface area (Å²) in [5.41, 5.74) is 1.38. The van der Waals surface area contributed by atoms with Crippen molar-refractivity contribution >= 4 is 11.9 Å². The normalized spacial score (nSPS) is 15.8. The maximum atomic E-state index is 12.2. The molecule has 1 aromatic carbocycles. The summed E-state index contributed by atoms with van der Waals surface area (Å²) >= 11 is 0. The predicted octanol–water partition coefficient (Wildman–Crippen LogP) is 1.50. The number of nitrogens with one attached hydrogen (secondary N) is 1. The number of carboxylic acid groups (broad SMARTS) is 1. The van der Waals surface area contributed by atoms with Crippen molar-refractivity contribution in [2.45, 2.75) is 32.8 Å². The van der Waals surface area contributed by atoms with Crippen LogP contribution in [0, 0.1) is 19.8 Å². The van der Waals surface area contributed by atoms with E-state index in [1.807, 2.05) is 0 Å². The van der Waals surface area contributed by atoms with Crippen molar-refractivity contribution in [3.8, 4) is 0 Å². The van der Waals surface area contributed by atoms with Gasteiger partial charge >= 0.3 is 5.97 Å². The van der Waals surface area contributed by atoms with Crippen molar-refractivity contribution < 1.29 is 19.8 Å². The zero-order chi connectivity index (χ0) is 14.9. The van der Waals surface area contributed by atoms with E-state index >= 15 is 0 Å². The molecule has 0 aliphatic heterocycles. The Bertz CT molecular complexity index is 549. The number of amides is 1. The van der Waals surface area contributed by atoms with Gasteiger partial charge in [0, 0.05) is 6.54 Å². The van der Waals surface area contributed by atoms with Crippen LogP contribution < -0.4 is 5.32 Å². The van der Waals surface area contributed by atoms with Gasteiger partial charge in [-0.3, -0.25) is 4.79 Å². The highest BCUT2D eigenvalue weighted by Gasteiger charge is 2.30. The molecule has 5 heteroatoms. The summed E-state index contributed by atoms with van der Waals surface area (Å²) in [6.07, 6.45) is 1.43. The lowest BCUT2D eigenvalue weighted by Crippen LogP contribution is -2.34. The van der Waals surface area contributed by atoms with Crippen LogP contribution in [-0.2, 0) is 0 Å². The average Bonchev–Trinajstić information content (AvgIpc) is 3.21. The number of carbonyl (C=O) groups is 2.